The largest absolute Gasteiger partial charge is 0.343 e. The zero-order valence-electron chi connectivity index (χ0n) is 17.0. The second-order valence-electron chi connectivity index (χ2n) is 7.10. The number of nitrogens with zero attached hydrogens (tertiary/aromatic N) is 1. The molecule has 2 N–H and O–H groups in total. The van der Waals surface area contributed by atoms with Crippen LogP contribution >= 0.6 is 11.6 Å². The Labute approximate surface area is 175 Å². The average Bonchev–Trinajstić information content (AvgIpc) is 2.97. The Morgan fingerprint density at radius 2 is 1.62 bits per heavy atom. The Bertz CT molecular complexity index is 1070. The zero-order valence-corrected chi connectivity index (χ0v) is 17.7. The third-order valence-corrected chi connectivity index (χ3v) is 5.13. The molecule has 29 heavy (non-hydrogen) atoms. The molecule has 1 aromatic heterocycles. The minimum absolute atomic E-state index is 0.104. The minimum Gasteiger partial charge on any atom is -0.343 e. The molecule has 0 atom stereocenters. The molecule has 0 saturated carbocycles. The van der Waals surface area contributed by atoms with Gasteiger partial charge in [0.2, 0.25) is 5.91 Å². The molecule has 0 saturated heterocycles. The van der Waals surface area contributed by atoms with Gasteiger partial charge in [-0.1, -0.05) is 35.9 Å². The van der Waals surface area contributed by atoms with Gasteiger partial charge in [-0.2, -0.15) is 0 Å². The van der Waals surface area contributed by atoms with E-state index in [1.54, 1.807) is 0 Å². The van der Waals surface area contributed by atoms with Crippen molar-refractivity contribution in [2.45, 2.75) is 27.7 Å². The number of rotatable bonds is 5. The van der Waals surface area contributed by atoms with Crippen LogP contribution in [0.5, 0.6) is 0 Å². The molecule has 0 aliphatic heterocycles. The second kappa shape index (κ2) is 8.53. The van der Waals surface area contributed by atoms with Gasteiger partial charge in [-0.3, -0.25) is 9.59 Å². The Hall–Kier alpha value is -3.05. The molecule has 150 valence electrons. The molecule has 3 aromatic rings. The molecule has 2 amide bonds. The number of carbonyl (C=O) groups is 2. The lowest BCUT2D eigenvalue weighted by Crippen LogP contribution is -2.33. The van der Waals surface area contributed by atoms with E-state index >= 15 is 0 Å². The van der Waals surface area contributed by atoms with Crippen LogP contribution in [-0.2, 0) is 4.79 Å². The summed E-state index contributed by atoms with van der Waals surface area (Å²) in [5, 5.41) is 6.22. The van der Waals surface area contributed by atoms with Gasteiger partial charge in [0, 0.05) is 27.8 Å². The van der Waals surface area contributed by atoms with Gasteiger partial charge >= 0.3 is 0 Å². The highest BCUT2D eigenvalue weighted by Crippen LogP contribution is 2.23. The third kappa shape index (κ3) is 4.51. The molecular formula is C23H24ClN3O2. The number of carbonyl (C=O) groups excluding carboxylic acids is 2. The molecule has 0 spiro atoms. The smallest absolute Gasteiger partial charge is 0.253 e. The summed E-state index contributed by atoms with van der Waals surface area (Å²) >= 11 is 6.10. The van der Waals surface area contributed by atoms with Crippen LogP contribution < -0.4 is 10.6 Å². The van der Waals surface area contributed by atoms with Crippen LogP contribution in [0.2, 0.25) is 5.02 Å². The molecule has 5 nitrogen and oxygen atoms in total. The minimum atomic E-state index is -0.289. The first-order valence-corrected chi connectivity index (χ1v) is 9.75. The molecule has 0 aliphatic carbocycles. The summed E-state index contributed by atoms with van der Waals surface area (Å²) in [7, 11) is 0. The number of aromatic nitrogens is 1. The molecule has 0 radical (unpaired) electrons. The van der Waals surface area contributed by atoms with E-state index in [0.717, 1.165) is 33.9 Å². The highest BCUT2D eigenvalue weighted by Gasteiger charge is 2.18. The van der Waals surface area contributed by atoms with Crippen LogP contribution in [0.1, 0.15) is 32.9 Å². The zero-order chi connectivity index (χ0) is 21.1. The summed E-state index contributed by atoms with van der Waals surface area (Å²) in [4.78, 5) is 25.0. The van der Waals surface area contributed by atoms with E-state index in [2.05, 4.69) is 10.6 Å². The number of halogens is 1. The summed E-state index contributed by atoms with van der Waals surface area (Å²) in [5.41, 5.74) is 5.87. The Morgan fingerprint density at radius 3 is 2.28 bits per heavy atom. The van der Waals surface area contributed by atoms with Gasteiger partial charge in [0.05, 0.1) is 12.1 Å². The summed E-state index contributed by atoms with van der Waals surface area (Å²) in [6, 6.07) is 15.1. The predicted molar refractivity (Wildman–Crippen MR) is 117 cm³/mol. The molecule has 0 fully saturated rings. The first-order valence-electron chi connectivity index (χ1n) is 9.37. The van der Waals surface area contributed by atoms with Gasteiger partial charge in [0.1, 0.15) is 0 Å². The van der Waals surface area contributed by atoms with Gasteiger partial charge in [-0.15, -0.1) is 0 Å². The molecule has 3 rings (SSSR count). The number of benzene rings is 2. The standard InChI is InChI=1S/C23H24ClN3O2/c1-14-7-5-8-15(2)22(14)26-21(28)13-25-23(29)20-11-16(3)27(17(20)4)19-10-6-9-18(24)12-19/h5-12H,13H2,1-4H3,(H,25,29)(H,26,28). The maximum atomic E-state index is 12.7. The quantitative estimate of drug-likeness (QED) is 0.639. The first-order chi connectivity index (χ1) is 13.8. The van der Waals surface area contributed by atoms with E-state index in [4.69, 9.17) is 11.6 Å². The average molecular weight is 410 g/mol. The van der Waals surface area contributed by atoms with E-state index in [-0.39, 0.29) is 18.4 Å². The topological polar surface area (TPSA) is 63.1 Å². The van der Waals surface area contributed by atoms with Gasteiger partial charge in [0.15, 0.2) is 0 Å². The van der Waals surface area contributed by atoms with Crippen LogP contribution in [0, 0.1) is 27.7 Å². The monoisotopic (exact) mass is 409 g/mol. The lowest BCUT2D eigenvalue weighted by Gasteiger charge is -2.12. The molecule has 6 heteroatoms. The number of hydrogen-bond acceptors (Lipinski definition) is 2. The van der Waals surface area contributed by atoms with E-state index in [9.17, 15) is 9.59 Å². The summed E-state index contributed by atoms with van der Waals surface area (Å²) in [6.07, 6.45) is 0. The fourth-order valence-electron chi connectivity index (χ4n) is 3.46. The molecule has 0 aliphatic rings. The van der Waals surface area contributed by atoms with E-state index in [0.29, 0.717) is 10.6 Å². The Morgan fingerprint density at radius 1 is 0.966 bits per heavy atom. The van der Waals surface area contributed by atoms with Crippen LogP contribution in [-0.4, -0.2) is 22.9 Å². The molecule has 0 unspecified atom stereocenters. The number of amides is 2. The van der Waals surface area contributed by atoms with Crippen molar-refractivity contribution in [1.29, 1.82) is 0 Å². The Balaban J connectivity index is 1.72. The van der Waals surface area contributed by atoms with E-state index in [1.807, 2.05) is 80.8 Å². The highest BCUT2D eigenvalue weighted by molar-refractivity contribution is 6.30. The Kier molecular flexibility index (Phi) is 6.09. The lowest BCUT2D eigenvalue weighted by atomic mass is 10.1. The highest BCUT2D eigenvalue weighted by atomic mass is 35.5. The lowest BCUT2D eigenvalue weighted by molar-refractivity contribution is -0.115. The van der Waals surface area contributed by atoms with Crippen molar-refractivity contribution in [3.8, 4) is 5.69 Å². The predicted octanol–water partition coefficient (Wildman–Crippen LogP) is 4.73. The van der Waals surface area contributed by atoms with Gasteiger partial charge in [-0.25, -0.2) is 0 Å². The maximum Gasteiger partial charge on any atom is 0.253 e. The SMILES string of the molecule is Cc1cccc(C)c1NC(=O)CNC(=O)c1cc(C)n(-c2cccc(Cl)c2)c1C. The van der Waals surface area contributed by atoms with Crippen molar-refractivity contribution in [3.05, 3.63) is 81.6 Å². The first kappa shape index (κ1) is 20.7. The van der Waals surface area contributed by atoms with Gasteiger partial charge in [0.25, 0.3) is 5.91 Å². The van der Waals surface area contributed by atoms with E-state index < -0.39 is 0 Å². The van der Waals surface area contributed by atoms with Crippen molar-refractivity contribution < 1.29 is 9.59 Å². The van der Waals surface area contributed by atoms with Crippen molar-refractivity contribution in [1.82, 2.24) is 9.88 Å². The normalized spacial score (nSPS) is 10.7. The third-order valence-electron chi connectivity index (χ3n) is 4.90. The van der Waals surface area contributed by atoms with Gasteiger partial charge in [-0.05, 0) is 63.1 Å². The number of hydrogen-bond donors (Lipinski definition) is 2. The summed E-state index contributed by atoms with van der Waals surface area (Å²) < 4.78 is 1.97. The van der Waals surface area contributed by atoms with Crippen molar-refractivity contribution in [2.24, 2.45) is 0 Å². The number of aryl methyl sites for hydroxylation is 3. The summed E-state index contributed by atoms with van der Waals surface area (Å²) in [5.74, 6) is -0.553. The van der Waals surface area contributed by atoms with Crippen LogP contribution in [0.15, 0.2) is 48.5 Å². The van der Waals surface area contributed by atoms with Crippen LogP contribution in [0.3, 0.4) is 0 Å². The van der Waals surface area contributed by atoms with Crippen molar-refractivity contribution >= 4 is 29.1 Å². The molecular weight excluding hydrogens is 386 g/mol. The van der Waals surface area contributed by atoms with Crippen LogP contribution in [0.4, 0.5) is 5.69 Å². The fraction of sp³-hybridized carbons (Fsp3) is 0.217. The molecule has 1 heterocycles. The van der Waals surface area contributed by atoms with Crippen LogP contribution in [0.25, 0.3) is 5.69 Å². The van der Waals surface area contributed by atoms with Crippen molar-refractivity contribution in [2.75, 3.05) is 11.9 Å². The number of para-hydroxylation sites is 1. The molecule has 2 aromatic carbocycles. The van der Waals surface area contributed by atoms with Crippen molar-refractivity contribution in [3.63, 3.8) is 0 Å². The maximum absolute atomic E-state index is 12.7. The fourth-order valence-corrected chi connectivity index (χ4v) is 3.64. The number of anilines is 1. The summed E-state index contributed by atoms with van der Waals surface area (Å²) in [6.45, 7) is 7.57. The number of nitrogens with one attached hydrogen (secondary N) is 2. The molecule has 0 bridgehead atoms. The van der Waals surface area contributed by atoms with Gasteiger partial charge < -0.3 is 15.2 Å². The second-order valence-corrected chi connectivity index (χ2v) is 7.53. The van der Waals surface area contributed by atoms with E-state index in [1.165, 1.54) is 0 Å².